The molecule has 0 amide bonds. The Hall–Kier alpha value is -1.51. The van der Waals surface area contributed by atoms with Crippen LogP contribution in [0.4, 0.5) is 5.69 Å². The summed E-state index contributed by atoms with van der Waals surface area (Å²) < 4.78 is 0. The first kappa shape index (κ1) is 12.6. The summed E-state index contributed by atoms with van der Waals surface area (Å²) in [4.78, 5) is 4.28. The van der Waals surface area contributed by atoms with Crippen LogP contribution in [0.3, 0.4) is 0 Å². The van der Waals surface area contributed by atoms with Gasteiger partial charge in [-0.2, -0.15) is 0 Å². The molecule has 1 aromatic heterocycles. The zero-order valence-electron chi connectivity index (χ0n) is 10.5. The Labute approximate surface area is 97.8 Å². The average molecular weight is 219 g/mol. The summed E-state index contributed by atoms with van der Waals surface area (Å²) in [7, 11) is 0. The lowest BCUT2D eigenvalue weighted by molar-refractivity contribution is 0.823. The van der Waals surface area contributed by atoms with E-state index in [2.05, 4.69) is 44.6 Å². The van der Waals surface area contributed by atoms with Crippen molar-refractivity contribution in [3.63, 3.8) is 0 Å². The van der Waals surface area contributed by atoms with Crippen molar-refractivity contribution in [1.82, 2.24) is 4.98 Å². The van der Waals surface area contributed by atoms with Crippen LogP contribution < -0.4 is 11.1 Å². The summed E-state index contributed by atoms with van der Waals surface area (Å²) in [5, 5.41) is 3.15. The van der Waals surface area contributed by atoms with Gasteiger partial charge >= 0.3 is 0 Å². The van der Waals surface area contributed by atoms with E-state index in [-0.39, 0.29) is 0 Å². The molecule has 0 radical (unpaired) electrons. The lowest BCUT2D eigenvalue weighted by atomic mass is 9.95. The standard InChI is InChI=1S/C13H21N3/c1-8(2)11-6-15-7-12(9(3)4)13(11)16-10(5)14/h6-9H,5,14H2,1-4H3,(H,15,16). The van der Waals surface area contributed by atoms with Crippen LogP contribution in [0.1, 0.15) is 50.7 Å². The van der Waals surface area contributed by atoms with Gasteiger partial charge < -0.3 is 11.1 Å². The molecule has 3 N–H and O–H groups in total. The fraction of sp³-hybridized carbons (Fsp3) is 0.462. The molecule has 1 rings (SSSR count). The number of nitrogens with two attached hydrogens (primary N) is 1. The van der Waals surface area contributed by atoms with E-state index in [1.54, 1.807) is 0 Å². The van der Waals surface area contributed by atoms with Crippen molar-refractivity contribution in [3.8, 4) is 0 Å². The van der Waals surface area contributed by atoms with Crippen LogP contribution in [0.5, 0.6) is 0 Å². The third-order valence-electron chi connectivity index (χ3n) is 2.53. The molecular formula is C13H21N3. The van der Waals surface area contributed by atoms with Crippen LogP contribution in [-0.2, 0) is 0 Å². The zero-order valence-corrected chi connectivity index (χ0v) is 10.5. The predicted molar refractivity (Wildman–Crippen MR) is 69.4 cm³/mol. The monoisotopic (exact) mass is 219 g/mol. The first-order chi connectivity index (χ1) is 7.43. The molecule has 0 spiro atoms. The van der Waals surface area contributed by atoms with Crippen LogP contribution >= 0.6 is 0 Å². The highest BCUT2D eigenvalue weighted by atomic mass is 15.0. The number of aromatic nitrogens is 1. The van der Waals surface area contributed by atoms with Gasteiger partial charge in [-0.3, -0.25) is 4.98 Å². The number of pyridine rings is 1. The Morgan fingerprint density at radius 1 is 1.19 bits per heavy atom. The first-order valence-corrected chi connectivity index (χ1v) is 5.62. The van der Waals surface area contributed by atoms with Gasteiger partial charge in [0.25, 0.3) is 0 Å². The van der Waals surface area contributed by atoms with Crippen molar-refractivity contribution < 1.29 is 0 Å². The molecule has 0 aromatic carbocycles. The second-order valence-electron chi connectivity index (χ2n) is 4.65. The Morgan fingerprint density at radius 2 is 1.62 bits per heavy atom. The van der Waals surface area contributed by atoms with Crippen molar-refractivity contribution in [2.45, 2.75) is 39.5 Å². The second-order valence-corrected chi connectivity index (χ2v) is 4.65. The van der Waals surface area contributed by atoms with Crippen LogP contribution in [0.2, 0.25) is 0 Å². The third kappa shape index (κ3) is 2.75. The maximum absolute atomic E-state index is 5.64. The largest absolute Gasteiger partial charge is 0.386 e. The first-order valence-electron chi connectivity index (χ1n) is 5.62. The fourth-order valence-corrected chi connectivity index (χ4v) is 1.67. The van der Waals surface area contributed by atoms with Crippen LogP contribution in [0, 0.1) is 0 Å². The lowest BCUT2D eigenvalue weighted by Gasteiger charge is -2.19. The number of hydrogen-bond donors (Lipinski definition) is 2. The predicted octanol–water partition coefficient (Wildman–Crippen LogP) is 3.17. The lowest BCUT2D eigenvalue weighted by Crippen LogP contribution is -2.12. The highest BCUT2D eigenvalue weighted by Gasteiger charge is 2.14. The van der Waals surface area contributed by atoms with Crippen LogP contribution in [0.15, 0.2) is 24.8 Å². The molecule has 1 aromatic rings. The van der Waals surface area contributed by atoms with Gasteiger partial charge in [-0.25, -0.2) is 0 Å². The molecule has 3 heteroatoms. The molecule has 16 heavy (non-hydrogen) atoms. The van der Waals surface area contributed by atoms with Crippen molar-refractivity contribution in [2.75, 3.05) is 5.32 Å². The quantitative estimate of drug-likeness (QED) is 0.817. The summed E-state index contributed by atoms with van der Waals surface area (Å²) in [5.74, 6) is 1.29. The highest BCUT2D eigenvalue weighted by molar-refractivity contribution is 5.60. The van der Waals surface area contributed by atoms with Gasteiger partial charge in [0, 0.05) is 18.1 Å². The Bertz CT molecular complexity index is 355. The summed E-state index contributed by atoms with van der Waals surface area (Å²) >= 11 is 0. The minimum atomic E-state index is 0.410. The van der Waals surface area contributed by atoms with Gasteiger partial charge in [-0.15, -0.1) is 0 Å². The number of nitrogens with one attached hydrogen (secondary N) is 1. The van der Waals surface area contributed by atoms with E-state index in [1.165, 1.54) is 11.1 Å². The van der Waals surface area contributed by atoms with E-state index >= 15 is 0 Å². The van der Waals surface area contributed by atoms with E-state index in [9.17, 15) is 0 Å². The summed E-state index contributed by atoms with van der Waals surface area (Å²) in [5.41, 5.74) is 9.06. The van der Waals surface area contributed by atoms with Gasteiger partial charge in [0.15, 0.2) is 0 Å². The SMILES string of the molecule is C=C(N)Nc1c(C(C)C)cncc1C(C)C. The minimum Gasteiger partial charge on any atom is -0.386 e. The van der Waals surface area contributed by atoms with Crippen LogP contribution in [-0.4, -0.2) is 4.98 Å². The molecule has 0 bridgehead atoms. The molecule has 0 saturated carbocycles. The maximum atomic E-state index is 5.64. The maximum Gasteiger partial charge on any atom is 0.0930 e. The van der Waals surface area contributed by atoms with Crippen molar-refractivity contribution in [3.05, 3.63) is 35.9 Å². The minimum absolute atomic E-state index is 0.410. The smallest absolute Gasteiger partial charge is 0.0930 e. The molecule has 0 unspecified atom stereocenters. The molecule has 88 valence electrons. The van der Waals surface area contributed by atoms with E-state index in [0.29, 0.717) is 17.7 Å². The summed E-state index contributed by atoms with van der Waals surface area (Å²) in [6.45, 7) is 12.3. The number of nitrogens with zero attached hydrogens (tertiary/aromatic N) is 1. The molecular weight excluding hydrogens is 198 g/mol. The highest BCUT2D eigenvalue weighted by Crippen LogP contribution is 2.31. The number of anilines is 1. The Kier molecular flexibility index (Phi) is 3.93. The van der Waals surface area contributed by atoms with Gasteiger partial charge in [-0.05, 0) is 23.0 Å². The van der Waals surface area contributed by atoms with Crippen molar-refractivity contribution in [1.29, 1.82) is 0 Å². The fourth-order valence-electron chi connectivity index (χ4n) is 1.67. The molecule has 0 atom stereocenters. The van der Waals surface area contributed by atoms with Crippen molar-refractivity contribution in [2.24, 2.45) is 5.73 Å². The number of rotatable bonds is 4. The zero-order chi connectivity index (χ0) is 12.3. The second kappa shape index (κ2) is 5.01. The molecule has 1 heterocycles. The molecule has 0 saturated heterocycles. The van der Waals surface area contributed by atoms with Gasteiger partial charge in [0.1, 0.15) is 0 Å². The summed E-state index contributed by atoms with van der Waals surface area (Å²) in [6, 6.07) is 0. The molecule has 0 aliphatic rings. The normalized spacial score (nSPS) is 10.9. The van der Waals surface area contributed by atoms with Gasteiger partial charge in [0.2, 0.25) is 0 Å². The summed E-state index contributed by atoms with van der Waals surface area (Å²) in [6.07, 6.45) is 3.78. The van der Waals surface area contributed by atoms with E-state index in [4.69, 9.17) is 5.73 Å². The van der Waals surface area contributed by atoms with E-state index in [0.717, 1.165) is 5.69 Å². The molecule has 0 aliphatic heterocycles. The third-order valence-corrected chi connectivity index (χ3v) is 2.53. The number of hydrogen-bond acceptors (Lipinski definition) is 3. The molecule has 0 aliphatic carbocycles. The topological polar surface area (TPSA) is 50.9 Å². The average Bonchev–Trinajstić information content (AvgIpc) is 2.16. The Balaban J connectivity index is 3.28. The van der Waals surface area contributed by atoms with Gasteiger partial charge in [0.05, 0.1) is 5.82 Å². The van der Waals surface area contributed by atoms with E-state index in [1.807, 2.05) is 12.4 Å². The Morgan fingerprint density at radius 3 is 1.94 bits per heavy atom. The molecule has 0 fully saturated rings. The van der Waals surface area contributed by atoms with Crippen LogP contribution in [0.25, 0.3) is 0 Å². The van der Waals surface area contributed by atoms with E-state index < -0.39 is 0 Å². The van der Waals surface area contributed by atoms with Gasteiger partial charge in [-0.1, -0.05) is 34.3 Å². The molecule has 3 nitrogen and oxygen atoms in total. The van der Waals surface area contributed by atoms with Crippen molar-refractivity contribution >= 4 is 5.69 Å².